The highest BCUT2D eigenvalue weighted by atomic mass is 35.5. The summed E-state index contributed by atoms with van der Waals surface area (Å²) in [5.74, 6) is 0.535. The summed E-state index contributed by atoms with van der Waals surface area (Å²) in [6.07, 6.45) is 9.23. The molecule has 0 aromatic carbocycles. The lowest BCUT2D eigenvalue weighted by atomic mass is 9.85. The fraction of sp³-hybridized carbons (Fsp3) is 0.300. The van der Waals surface area contributed by atoms with Gasteiger partial charge in [-0.3, -0.25) is 4.79 Å². The second-order valence-electron chi connectivity index (χ2n) is 3.47. The van der Waals surface area contributed by atoms with Gasteiger partial charge in [0.1, 0.15) is 0 Å². The molecule has 68 valence electrons. The number of hydrogen-bond acceptors (Lipinski definition) is 2. The van der Waals surface area contributed by atoms with Crippen LogP contribution in [0.15, 0.2) is 35.7 Å². The topological polar surface area (TPSA) is 20.3 Å². The second kappa shape index (κ2) is 2.74. The van der Waals surface area contributed by atoms with Crippen molar-refractivity contribution in [3.05, 3.63) is 35.7 Å². The van der Waals surface area contributed by atoms with Crippen LogP contribution in [-0.4, -0.2) is 17.2 Å². The maximum Gasteiger partial charge on any atom is 0.159 e. The zero-order valence-corrected chi connectivity index (χ0v) is 7.88. The van der Waals surface area contributed by atoms with E-state index in [9.17, 15) is 4.79 Å². The van der Waals surface area contributed by atoms with Crippen LogP contribution in [0, 0.1) is 5.92 Å². The first-order valence-corrected chi connectivity index (χ1v) is 4.24. The number of nitrogens with zero attached hydrogens (tertiary/aromatic N) is 1. The van der Waals surface area contributed by atoms with Crippen molar-refractivity contribution in [3.8, 4) is 0 Å². The Labute approximate surface area is 83.0 Å². The van der Waals surface area contributed by atoms with Gasteiger partial charge in [-0.2, -0.15) is 0 Å². The van der Waals surface area contributed by atoms with Crippen LogP contribution in [0.2, 0.25) is 0 Å². The third-order valence-corrected chi connectivity index (χ3v) is 2.74. The monoisotopic (exact) mass is 195 g/mol. The quantitative estimate of drug-likeness (QED) is 0.586. The molecule has 1 fully saturated rings. The minimum Gasteiger partial charge on any atom is -0.338 e. The summed E-state index contributed by atoms with van der Waals surface area (Å²) >= 11 is 0. The molecule has 0 aromatic heterocycles. The van der Waals surface area contributed by atoms with Crippen molar-refractivity contribution < 1.29 is 4.79 Å². The largest absolute Gasteiger partial charge is 0.338 e. The standard InChI is InChI=1S/C10H9NO.ClH/c12-10-6-11-8-2-1-3-9(11)5-7(10)4-8;/h1-4,7H,5-6H2;1H. The Morgan fingerprint density at radius 2 is 2.31 bits per heavy atom. The van der Waals surface area contributed by atoms with Gasteiger partial charge in [-0.25, -0.2) is 0 Å². The first kappa shape index (κ1) is 8.57. The van der Waals surface area contributed by atoms with Gasteiger partial charge in [-0.05, 0) is 18.2 Å². The van der Waals surface area contributed by atoms with Crippen molar-refractivity contribution in [1.82, 2.24) is 4.90 Å². The Morgan fingerprint density at radius 3 is 3.00 bits per heavy atom. The van der Waals surface area contributed by atoms with E-state index in [0.717, 1.165) is 6.42 Å². The zero-order chi connectivity index (χ0) is 8.13. The van der Waals surface area contributed by atoms with Crippen LogP contribution in [0.5, 0.6) is 0 Å². The SMILES string of the molecule is Cl.O=C1CN2C3=CC1CC2=CC=C3. The number of carbonyl (C=O) groups excluding carboxylic acids is 1. The van der Waals surface area contributed by atoms with Crippen LogP contribution >= 0.6 is 12.4 Å². The fourth-order valence-electron chi connectivity index (χ4n) is 2.09. The van der Waals surface area contributed by atoms with Crippen LogP contribution in [0.1, 0.15) is 6.42 Å². The highest BCUT2D eigenvalue weighted by Crippen LogP contribution is 2.36. The summed E-state index contributed by atoms with van der Waals surface area (Å²) in [4.78, 5) is 13.5. The number of ketones is 1. The summed E-state index contributed by atoms with van der Waals surface area (Å²) < 4.78 is 0. The minimum atomic E-state index is 0. The summed E-state index contributed by atoms with van der Waals surface area (Å²) in [7, 11) is 0. The highest BCUT2D eigenvalue weighted by Gasteiger charge is 2.35. The van der Waals surface area contributed by atoms with Gasteiger partial charge >= 0.3 is 0 Å². The van der Waals surface area contributed by atoms with Crippen LogP contribution in [0.4, 0.5) is 0 Å². The molecule has 0 aliphatic carbocycles. The lowest BCUT2D eigenvalue weighted by Gasteiger charge is -2.41. The van der Waals surface area contributed by atoms with Crippen molar-refractivity contribution in [1.29, 1.82) is 0 Å². The maximum absolute atomic E-state index is 11.3. The number of halogens is 1. The van der Waals surface area contributed by atoms with E-state index in [2.05, 4.69) is 29.2 Å². The number of carbonyl (C=O) groups is 1. The molecule has 4 aliphatic rings. The lowest BCUT2D eigenvalue weighted by Crippen LogP contribution is -2.43. The molecule has 0 aromatic rings. The van der Waals surface area contributed by atoms with E-state index < -0.39 is 0 Å². The van der Waals surface area contributed by atoms with Gasteiger partial charge in [-0.1, -0.05) is 6.08 Å². The van der Waals surface area contributed by atoms with E-state index in [1.807, 2.05) is 0 Å². The first-order valence-electron chi connectivity index (χ1n) is 4.24. The highest BCUT2D eigenvalue weighted by molar-refractivity contribution is 5.88. The Bertz CT molecular complexity index is 354. The van der Waals surface area contributed by atoms with Gasteiger partial charge in [-0.15, -0.1) is 12.4 Å². The fourth-order valence-corrected chi connectivity index (χ4v) is 2.09. The number of fused-ring (bicyclic) bond motifs is 1. The summed E-state index contributed by atoms with van der Waals surface area (Å²) in [6, 6.07) is 0. The Morgan fingerprint density at radius 1 is 1.46 bits per heavy atom. The predicted octanol–water partition coefficient (Wildman–Crippen LogP) is 1.65. The van der Waals surface area contributed by atoms with Crippen molar-refractivity contribution in [2.75, 3.05) is 6.54 Å². The molecule has 1 atom stereocenters. The molecular weight excluding hydrogens is 186 g/mol. The molecule has 4 rings (SSSR count). The molecule has 4 bridgehead atoms. The molecule has 1 unspecified atom stereocenters. The smallest absolute Gasteiger partial charge is 0.159 e. The van der Waals surface area contributed by atoms with E-state index >= 15 is 0 Å². The predicted molar refractivity (Wildman–Crippen MR) is 52.4 cm³/mol. The number of allylic oxidation sites excluding steroid dienone is 5. The van der Waals surface area contributed by atoms with E-state index in [4.69, 9.17) is 0 Å². The van der Waals surface area contributed by atoms with Crippen LogP contribution in [0.3, 0.4) is 0 Å². The Hall–Kier alpha value is -1.02. The minimum absolute atomic E-state index is 0. The van der Waals surface area contributed by atoms with Gasteiger partial charge in [0.2, 0.25) is 0 Å². The molecule has 0 saturated carbocycles. The molecule has 4 aliphatic heterocycles. The molecule has 13 heavy (non-hydrogen) atoms. The van der Waals surface area contributed by atoms with Crippen molar-refractivity contribution in [2.24, 2.45) is 5.92 Å². The molecule has 1 saturated heterocycles. The molecule has 0 radical (unpaired) electrons. The Balaban J connectivity index is 0.000000653. The van der Waals surface area contributed by atoms with E-state index in [1.165, 1.54) is 11.4 Å². The second-order valence-corrected chi connectivity index (χ2v) is 3.47. The van der Waals surface area contributed by atoms with E-state index in [1.54, 1.807) is 0 Å². The average molecular weight is 196 g/mol. The van der Waals surface area contributed by atoms with Crippen LogP contribution in [0.25, 0.3) is 0 Å². The Kier molecular flexibility index (Phi) is 1.81. The van der Waals surface area contributed by atoms with E-state index in [0.29, 0.717) is 12.3 Å². The van der Waals surface area contributed by atoms with Gasteiger partial charge in [0, 0.05) is 23.7 Å². The number of piperidine rings is 1. The number of hydrogen-bond donors (Lipinski definition) is 0. The molecular formula is C10H10ClNO. The van der Waals surface area contributed by atoms with Gasteiger partial charge in [0.15, 0.2) is 5.78 Å². The van der Waals surface area contributed by atoms with E-state index in [-0.39, 0.29) is 18.3 Å². The molecule has 0 amide bonds. The summed E-state index contributed by atoms with van der Waals surface area (Å²) in [6.45, 7) is 0.590. The van der Waals surface area contributed by atoms with Crippen molar-refractivity contribution >= 4 is 18.2 Å². The molecule has 3 heteroatoms. The number of rotatable bonds is 0. The van der Waals surface area contributed by atoms with Gasteiger partial charge in [0.05, 0.1) is 6.54 Å². The van der Waals surface area contributed by atoms with Crippen LogP contribution < -0.4 is 0 Å². The van der Waals surface area contributed by atoms with Gasteiger partial charge < -0.3 is 4.90 Å². The maximum atomic E-state index is 11.3. The molecule has 4 heterocycles. The average Bonchev–Trinajstić information content (AvgIpc) is 2.03. The summed E-state index contributed by atoms with van der Waals surface area (Å²) in [5.41, 5.74) is 2.52. The molecule has 2 nitrogen and oxygen atoms in total. The third-order valence-electron chi connectivity index (χ3n) is 2.74. The van der Waals surface area contributed by atoms with Gasteiger partial charge in [0.25, 0.3) is 0 Å². The lowest BCUT2D eigenvalue weighted by molar-refractivity contribution is -0.124. The molecule has 0 N–H and O–H groups in total. The molecule has 0 spiro atoms. The normalized spacial score (nSPS) is 28.2. The third kappa shape index (κ3) is 1.05. The van der Waals surface area contributed by atoms with Crippen molar-refractivity contribution in [3.63, 3.8) is 0 Å². The summed E-state index contributed by atoms with van der Waals surface area (Å²) in [5, 5.41) is 0. The van der Waals surface area contributed by atoms with Crippen LogP contribution in [-0.2, 0) is 4.79 Å². The van der Waals surface area contributed by atoms with Crippen molar-refractivity contribution in [2.45, 2.75) is 6.42 Å². The zero-order valence-electron chi connectivity index (χ0n) is 7.06. The first-order chi connectivity index (χ1) is 5.84. The number of Topliss-reactive ketones (excluding diaryl/α,β-unsaturated/α-hetero) is 1.